The second kappa shape index (κ2) is 7.55. The highest BCUT2D eigenvalue weighted by molar-refractivity contribution is 5.73. The average Bonchev–Trinajstić information content (AvgIpc) is 3.12. The van der Waals surface area contributed by atoms with Gasteiger partial charge in [0.15, 0.2) is 0 Å². The van der Waals surface area contributed by atoms with Crippen molar-refractivity contribution in [2.75, 3.05) is 6.61 Å². The summed E-state index contributed by atoms with van der Waals surface area (Å²) in [7, 11) is 0. The number of halogens is 1. The Labute approximate surface area is 155 Å². The highest BCUT2D eigenvalue weighted by Gasteiger charge is 2.12. The number of hydrogen-bond acceptors (Lipinski definition) is 4. The van der Waals surface area contributed by atoms with Crippen LogP contribution in [0.25, 0.3) is 16.7 Å². The molecule has 0 bridgehead atoms. The van der Waals surface area contributed by atoms with Crippen LogP contribution in [-0.4, -0.2) is 26.7 Å². The van der Waals surface area contributed by atoms with Gasteiger partial charge in [-0.05, 0) is 42.3 Å². The molecular weight excluding hydrogens is 345 g/mol. The first-order valence-electron chi connectivity index (χ1n) is 8.67. The van der Waals surface area contributed by atoms with Crippen LogP contribution in [0.3, 0.4) is 0 Å². The van der Waals surface area contributed by atoms with Gasteiger partial charge in [0.25, 0.3) is 0 Å². The van der Waals surface area contributed by atoms with Gasteiger partial charge < -0.3 is 9.84 Å². The lowest BCUT2D eigenvalue weighted by Crippen LogP contribution is -2.06. The number of rotatable bonds is 6. The number of aliphatic hydroxyl groups is 1. The van der Waals surface area contributed by atoms with Crippen LogP contribution in [-0.2, 0) is 13.0 Å². The summed E-state index contributed by atoms with van der Waals surface area (Å²) in [5.41, 5.74) is 3.59. The molecule has 0 fully saturated rings. The monoisotopic (exact) mass is 363 g/mol. The Morgan fingerprint density at radius 1 is 0.926 bits per heavy atom. The topological polar surface area (TPSA) is 60.2 Å². The van der Waals surface area contributed by atoms with E-state index in [-0.39, 0.29) is 19.0 Å². The Kier molecular flexibility index (Phi) is 4.80. The van der Waals surface area contributed by atoms with E-state index in [1.54, 1.807) is 24.3 Å². The van der Waals surface area contributed by atoms with Gasteiger partial charge in [0.1, 0.15) is 34.9 Å². The number of aromatic nitrogens is 3. The zero-order chi connectivity index (χ0) is 18.6. The van der Waals surface area contributed by atoms with Crippen molar-refractivity contribution in [1.82, 2.24) is 15.0 Å². The molecule has 5 nitrogen and oxygen atoms in total. The predicted molar refractivity (Wildman–Crippen MR) is 100 cm³/mol. The SMILES string of the molecule is OCCc1ccc(OCc2ccccc2F)c(-n2nc3ccccc3n2)c1. The molecule has 0 saturated heterocycles. The van der Waals surface area contributed by atoms with Crippen molar-refractivity contribution in [3.05, 3.63) is 83.7 Å². The first-order chi connectivity index (χ1) is 13.2. The van der Waals surface area contributed by atoms with Crippen LogP contribution in [0.1, 0.15) is 11.1 Å². The molecule has 0 aliphatic carbocycles. The van der Waals surface area contributed by atoms with E-state index in [2.05, 4.69) is 10.2 Å². The second-order valence-electron chi connectivity index (χ2n) is 6.13. The molecule has 136 valence electrons. The number of fused-ring (bicyclic) bond motifs is 1. The lowest BCUT2D eigenvalue weighted by Gasteiger charge is -2.13. The Bertz CT molecular complexity index is 1040. The first kappa shape index (κ1) is 17.2. The number of aliphatic hydroxyl groups excluding tert-OH is 1. The Morgan fingerprint density at radius 2 is 1.63 bits per heavy atom. The fourth-order valence-electron chi connectivity index (χ4n) is 2.86. The third-order valence-corrected chi connectivity index (χ3v) is 4.27. The molecule has 27 heavy (non-hydrogen) atoms. The smallest absolute Gasteiger partial charge is 0.147 e. The quantitative estimate of drug-likeness (QED) is 0.568. The summed E-state index contributed by atoms with van der Waals surface area (Å²) >= 11 is 0. The first-order valence-corrected chi connectivity index (χ1v) is 8.67. The van der Waals surface area contributed by atoms with Crippen molar-refractivity contribution in [1.29, 1.82) is 0 Å². The fraction of sp³-hybridized carbons (Fsp3) is 0.143. The maximum Gasteiger partial charge on any atom is 0.147 e. The van der Waals surface area contributed by atoms with E-state index < -0.39 is 0 Å². The molecule has 0 aliphatic rings. The molecule has 1 heterocycles. The molecule has 4 rings (SSSR count). The lowest BCUT2D eigenvalue weighted by molar-refractivity contribution is 0.295. The molecule has 1 aromatic heterocycles. The molecule has 0 saturated carbocycles. The van der Waals surface area contributed by atoms with E-state index in [0.717, 1.165) is 16.6 Å². The van der Waals surface area contributed by atoms with E-state index in [9.17, 15) is 9.50 Å². The molecular formula is C21H18FN3O2. The van der Waals surface area contributed by atoms with Crippen LogP contribution in [0.5, 0.6) is 5.75 Å². The molecule has 1 N–H and O–H groups in total. The van der Waals surface area contributed by atoms with Crippen molar-refractivity contribution < 1.29 is 14.2 Å². The summed E-state index contributed by atoms with van der Waals surface area (Å²) in [6, 6.07) is 19.6. The molecule has 0 spiro atoms. The van der Waals surface area contributed by atoms with E-state index in [1.165, 1.54) is 10.9 Å². The molecule has 0 amide bonds. The third-order valence-electron chi connectivity index (χ3n) is 4.27. The largest absolute Gasteiger partial charge is 0.486 e. The number of benzene rings is 3. The fourth-order valence-corrected chi connectivity index (χ4v) is 2.86. The van der Waals surface area contributed by atoms with Crippen LogP contribution in [0, 0.1) is 5.82 Å². The van der Waals surface area contributed by atoms with Gasteiger partial charge in [0, 0.05) is 12.2 Å². The molecule has 0 unspecified atom stereocenters. The minimum absolute atomic E-state index is 0.0450. The summed E-state index contributed by atoms with van der Waals surface area (Å²) < 4.78 is 19.8. The van der Waals surface area contributed by atoms with E-state index in [0.29, 0.717) is 23.4 Å². The minimum Gasteiger partial charge on any atom is -0.486 e. The standard InChI is InChI=1S/C21H18FN3O2/c22-17-6-2-1-5-16(17)14-27-21-10-9-15(11-12-26)13-20(21)25-23-18-7-3-4-8-19(18)24-25/h1-10,13,26H,11-12,14H2. The molecule has 0 atom stereocenters. The second-order valence-corrected chi connectivity index (χ2v) is 6.13. The van der Waals surface area contributed by atoms with Gasteiger partial charge in [0.2, 0.25) is 0 Å². The van der Waals surface area contributed by atoms with Gasteiger partial charge in [-0.15, -0.1) is 15.0 Å². The van der Waals surface area contributed by atoms with Crippen molar-refractivity contribution in [3.8, 4) is 11.4 Å². The highest BCUT2D eigenvalue weighted by atomic mass is 19.1. The third kappa shape index (κ3) is 3.66. The van der Waals surface area contributed by atoms with Crippen LogP contribution in [0.2, 0.25) is 0 Å². The summed E-state index contributed by atoms with van der Waals surface area (Å²) in [5.74, 6) is 0.235. The van der Waals surface area contributed by atoms with E-state index in [4.69, 9.17) is 4.74 Å². The van der Waals surface area contributed by atoms with Gasteiger partial charge in [-0.25, -0.2) is 4.39 Å². The Morgan fingerprint density at radius 3 is 2.33 bits per heavy atom. The van der Waals surface area contributed by atoms with Gasteiger partial charge in [-0.1, -0.05) is 36.4 Å². The number of hydrogen-bond donors (Lipinski definition) is 1. The minimum atomic E-state index is -0.307. The van der Waals surface area contributed by atoms with Crippen LogP contribution >= 0.6 is 0 Å². The zero-order valence-corrected chi connectivity index (χ0v) is 14.5. The van der Waals surface area contributed by atoms with Gasteiger partial charge in [0.05, 0.1) is 0 Å². The number of ether oxygens (including phenoxy) is 1. The predicted octanol–water partition coefficient (Wildman–Crippen LogP) is 3.67. The Hall–Kier alpha value is -3.25. The van der Waals surface area contributed by atoms with E-state index in [1.807, 2.05) is 36.4 Å². The van der Waals surface area contributed by atoms with Crippen LogP contribution < -0.4 is 4.74 Å². The summed E-state index contributed by atoms with van der Waals surface area (Å²) in [6.07, 6.45) is 0.515. The number of nitrogens with zero attached hydrogens (tertiary/aromatic N) is 3. The van der Waals surface area contributed by atoms with E-state index >= 15 is 0 Å². The maximum atomic E-state index is 13.9. The molecule has 4 aromatic rings. The maximum absolute atomic E-state index is 13.9. The zero-order valence-electron chi connectivity index (χ0n) is 14.5. The molecule has 6 heteroatoms. The van der Waals surface area contributed by atoms with Crippen LogP contribution in [0.4, 0.5) is 4.39 Å². The van der Waals surface area contributed by atoms with Crippen molar-refractivity contribution in [2.45, 2.75) is 13.0 Å². The van der Waals surface area contributed by atoms with Crippen molar-refractivity contribution >= 4 is 11.0 Å². The highest BCUT2D eigenvalue weighted by Crippen LogP contribution is 2.26. The van der Waals surface area contributed by atoms with Crippen molar-refractivity contribution in [2.24, 2.45) is 0 Å². The summed E-state index contributed by atoms with van der Waals surface area (Å²) in [6.45, 7) is 0.142. The molecule has 3 aromatic carbocycles. The summed E-state index contributed by atoms with van der Waals surface area (Å²) in [4.78, 5) is 1.52. The normalized spacial score (nSPS) is 11.0. The van der Waals surface area contributed by atoms with Crippen LogP contribution in [0.15, 0.2) is 66.7 Å². The lowest BCUT2D eigenvalue weighted by atomic mass is 10.1. The summed E-state index contributed by atoms with van der Waals surface area (Å²) in [5, 5.41) is 18.2. The molecule has 0 radical (unpaired) electrons. The van der Waals surface area contributed by atoms with Gasteiger partial charge >= 0.3 is 0 Å². The van der Waals surface area contributed by atoms with Gasteiger partial charge in [-0.2, -0.15) is 0 Å². The van der Waals surface area contributed by atoms with Crippen molar-refractivity contribution in [3.63, 3.8) is 0 Å². The average molecular weight is 363 g/mol. The van der Waals surface area contributed by atoms with Gasteiger partial charge in [-0.3, -0.25) is 0 Å². The molecule has 0 aliphatic heterocycles. The Balaban J connectivity index is 1.71.